The number of aromatic amines is 1. The maximum absolute atomic E-state index is 4.33. The van der Waals surface area contributed by atoms with Crippen molar-refractivity contribution in [2.24, 2.45) is 4.99 Å². The van der Waals surface area contributed by atoms with Gasteiger partial charge in [0.05, 0.1) is 0 Å². The Morgan fingerprint density at radius 3 is 2.72 bits per heavy atom. The fourth-order valence-corrected chi connectivity index (χ4v) is 3.18. The number of hydrogen-bond donors (Lipinski definition) is 3. The fraction of sp³-hybridized carbons (Fsp3) is 0.318. The lowest BCUT2D eigenvalue weighted by Gasteiger charge is -2.24. The van der Waals surface area contributed by atoms with Crippen LogP contribution < -0.4 is 15.5 Å². The number of aromatic nitrogens is 3. The highest BCUT2D eigenvalue weighted by Crippen LogP contribution is 2.16. The van der Waals surface area contributed by atoms with Crippen LogP contribution in [0.15, 0.2) is 59.9 Å². The molecular formula is C22H29N7. The Hall–Kier alpha value is -3.35. The Morgan fingerprint density at radius 2 is 2.00 bits per heavy atom. The molecular weight excluding hydrogens is 362 g/mol. The predicted octanol–water partition coefficient (Wildman–Crippen LogP) is 2.97. The molecule has 0 bridgehead atoms. The van der Waals surface area contributed by atoms with Gasteiger partial charge in [-0.25, -0.2) is 4.98 Å². The average Bonchev–Trinajstić information content (AvgIpc) is 3.28. The molecule has 0 spiro atoms. The first kappa shape index (κ1) is 20.4. The van der Waals surface area contributed by atoms with E-state index >= 15 is 0 Å². The minimum Gasteiger partial charge on any atom is -0.370 e. The number of rotatable bonds is 8. The summed E-state index contributed by atoms with van der Waals surface area (Å²) in [5.74, 6) is 1.56. The minimum atomic E-state index is 0.678. The normalized spacial score (nSPS) is 11.3. The molecule has 1 heterocycles. The van der Waals surface area contributed by atoms with Crippen LogP contribution in [0.4, 0.5) is 5.69 Å². The molecule has 0 saturated heterocycles. The highest BCUT2D eigenvalue weighted by Gasteiger charge is 2.06. The molecule has 0 aliphatic rings. The van der Waals surface area contributed by atoms with E-state index in [0.29, 0.717) is 6.54 Å². The molecule has 7 heteroatoms. The highest BCUT2D eigenvalue weighted by molar-refractivity contribution is 5.79. The summed E-state index contributed by atoms with van der Waals surface area (Å²) in [7, 11) is 1.79. The summed E-state index contributed by atoms with van der Waals surface area (Å²) in [6, 6.07) is 16.8. The lowest BCUT2D eigenvalue weighted by molar-refractivity contribution is 0.750. The van der Waals surface area contributed by atoms with Crippen LogP contribution in [0.2, 0.25) is 0 Å². The molecule has 0 aliphatic carbocycles. The molecule has 2 aromatic carbocycles. The third-order valence-corrected chi connectivity index (χ3v) is 4.72. The third kappa shape index (κ3) is 5.81. The van der Waals surface area contributed by atoms with Crippen LogP contribution in [0, 0.1) is 6.92 Å². The second-order valence-corrected chi connectivity index (χ2v) is 6.81. The number of nitrogens with zero attached hydrogens (tertiary/aromatic N) is 4. The van der Waals surface area contributed by atoms with Gasteiger partial charge < -0.3 is 15.5 Å². The van der Waals surface area contributed by atoms with E-state index in [0.717, 1.165) is 42.5 Å². The zero-order valence-electron chi connectivity index (χ0n) is 17.3. The molecule has 3 aromatic rings. The number of benzene rings is 2. The summed E-state index contributed by atoms with van der Waals surface area (Å²) in [4.78, 5) is 10.9. The fourth-order valence-electron chi connectivity index (χ4n) is 3.18. The molecule has 0 saturated carbocycles. The Bertz CT molecular complexity index is 918. The standard InChI is InChI=1S/C22H29N7/c1-4-29(20-10-5-7-17(2)13-20)12-11-24-22(23-3)25-15-18-8-6-9-19(14-18)21-26-16-27-28-21/h5-10,13-14,16H,4,11-12,15H2,1-3H3,(H2,23,24,25)(H,26,27,28). The average molecular weight is 392 g/mol. The Balaban J connectivity index is 1.50. The van der Waals surface area contributed by atoms with Gasteiger partial charge in [0, 0.05) is 44.5 Å². The van der Waals surface area contributed by atoms with Crippen molar-refractivity contribution < 1.29 is 0 Å². The van der Waals surface area contributed by atoms with Gasteiger partial charge in [0.1, 0.15) is 6.33 Å². The Labute approximate surface area is 172 Å². The van der Waals surface area contributed by atoms with Crippen LogP contribution in [0.1, 0.15) is 18.1 Å². The highest BCUT2D eigenvalue weighted by atomic mass is 15.2. The number of H-pyrrole nitrogens is 1. The third-order valence-electron chi connectivity index (χ3n) is 4.72. The Kier molecular flexibility index (Phi) is 7.22. The monoisotopic (exact) mass is 391 g/mol. The molecule has 1 aromatic heterocycles. The number of aryl methyl sites for hydroxylation is 1. The maximum Gasteiger partial charge on any atom is 0.191 e. The van der Waals surface area contributed by atoms with E-state index in [2.05, 4.69) is 86.0 Å². The largest absolute Gasteiger partial charge is 0.370 e. The van der Waals surface area contributed by atoms with Crippen LogP contribution in [0.5, 0.6) is 0 Å². The van der Waals surface area contributed by atoms with Crippen molar-refractivity contribution >= 4 is 11.6 Å². The number of likely N-dealkylation sites (N-methyl/N-ethyl adjacent to an activating group) is 1. The summed E-state index contributed by atoms with van der Waals surface area (Å²) in [5, 5.41) is 13.6. The Morgan fingerprint density at radius 1 is 1.14 bits per heavy atom. The minimum absolute atomic E-state index is 0.678. The van der Waals surface area contributed by atoms with Gasteiger partial charge in [0.15, 0.2) is 11.8 Å². The summed E-state index contributed by atoms with van der Waals surface area (Å²) in [5.41, 5.74) is 4.69. The van der Waals surface area contributed by atoms with Gasteiger partial charge >= 0.3 is 0 Å². The van der Waals surface area contributed by atoms with Gasteiger partial charge in [-0.1, -0.05) is 30.3 Å². The quantitative estimate of drug-likeness (QED) is 0.406. The molecule has 0 amide bonds. The van der Waals surface area contributed by atoms with E-state index in [1.165, 1.54) is 17.6 Å². The van der Waals surface area contributed by atoms with E-state index in [1.54, 1.807) is 7.05 Å². The lowest BCUT2D eigenvalue weighted by Crippen LogP contribution is -2.41. The molecule has 0 aliphatic heterocycles. The molecule has 0 unspecified atom stereocenters. The van der Waals surface area contributed by atoms with Crippen molar-refractivity contribution in [2.75, 3.05) is 31.6 Å². The summed E-state index contributed by atoms with van der Waals surface area (Å²) < 4.78 is 0. The SMILES string of the molecule is CCN(CCNC(=NC)NCc1cccc(-c2ncn[nH]2)c1)c1cccc(C)c1. The van der Waals surface area contributed by atoms with E-state index in [4.69, 9.17) is 0 Å². The van der Waals surface area contributed by atoms with Crippen LogP contribution in [-0.4, -0.2) is 47.8 Å². The molecule has 3 N–H and O–H groups in total. The zero-order valence-corrected chi connectivity index (χ0v) is 17.3. The van der Waals surface area contributed by atoms with Gasteiger partial charge in [0.25, 0.3) is 0 Å². The van der Waals surface area contributed by atoms with Crippen LogP contribution >= 0.6 is 0 Å². The van der Waals surface area contributed by atoms with Gasteiger partial charge in [-0.15, -0.1) is 0 Å². The summed E-state index contributed by atoms with van der Waals surface area (Å²) in [6.45, 7) is 7.65. The topological polar surface area (TPSA) is 81.2 Å². The van der Waals surface area contributed by atoms with Crippen molar-refractivity contribution in [1.29, 1.82) is 0 Å². The van der Waals surface area contributed by atoms with Crippen molar-refractivity contribution in [3.05, 3.63) is 66.0 Å². The van der Waals surface area contributed by atoms with E-state index in [-0.39, 0.29) is 0 Å². The van der Waals surface area contributed by atoms with Gasteiger partial charge in [0.2, 0.25) is 0 Å². The number of guanidine groups is 1. The molecule has 0 atom stereocenters. The first-order valence-corrected chi connectivity index (χ1v) is 9.90. The van der Waals surface area contributed by atoms with Crippen LogP contribution in [-0.2, 0) is 6.54 Å². The van der Waals surface area contributed by atoms with Crippen LogP contribution in [0.25, 0.3) is 11.4 Å². The second-order valence-electron chi connectivity index (χ2n) is 6.81. The number of nitrogens with one attached hydrogen (secondary N) is 3. The predicted molar refractivity (Wildman–Crippen MR) is 119 cm³/mol. The van der Waals surface area contributed by atoms with Gasteiger partial charge in [-0.2, -0.15) is 5.10 Å². The lowest BCUT2D eigenvalue weighted by atomic mass is 10.1. The smallest absolute Gasteiger partial charge is 0.191 e. The molecule has 29 heavy (non-hydrogen) atoms. The van der Waals surface area contributed by atoms with Crippen LogP contribution in [0.3, 0.4) is 0 Å². The number of aliphatic imine (C=N–C) groups is 1. The summed E-state index contributed by atoms with van der Waals surface area (Å²) in [6.07, 6.45) is 1.52. The number of anilines is 1. The molecule has 0 radical (unpaired) electrons. The molecule has 3 rings (SSSR count). The zero-order chi connectivity index (χ0) is 20.5. The second kappa shape index (κ2) is 10.3. The molecule has 7 nitrogen and oxygen atoms in total. The summed E-state index contributed by atoms with van der Waals surface area (Å²) >= 11 is 0. The first-order chi connectivity index (χ1) is 14.2. The van der Waals surface area contributed by atoms with E-state index < -0.39 is 0 Å². The van der Waals surface area contributed by atoms with Crippen molar-refractivity contribution in [2.45, 2.75) is 20.4 Å². The van der Waals surface area contributed by atoms with Crippen molar-refractivity contribution in [3.63, 3.8) is 0 Å². The van der Waals surface area contributed by atoms with E-state index in [9.17, 15) is 0 Å². The van der Waals surface area contributed by atoms with Gasteiger partial charge in [-0.05, 0) is 43.2 Å². The van der Waals surface area contributed by atoms with Crippen molar-refractivity contribution in [3.8, 4) is 11.4 Å². The number of hydrogen-bond acceptors (Lipinski definition) is 4. The molecule has 0 fully saturated rings. The molecule has 152 valence electrons. The maximum atomic E-state index is 4.33. The van der Waals surface area contributed by atoms with Gasteiger partial charge in [-0.3, -0.25) is 10.1 Å². The first-order valence-electron chi connectivity index (χ1n) is 9.90. The van der Waals surface area contributed by atoms with E-state index in [1.807, 2.05) is 12.1 Å². The van der Waals surface area contributed by atoms with Crippen molar-refractivity contribution in [1.82, 2.24) is 25.8 Å².